The van der Waals surface area contributed by atoms with Crippen molar-refractivity contribution in [1.29, 1.82) is 0 Å². The van der Waals surface area contributed by atoms with E-state index in [9.17, 15) is 5.11 Å². The van der Waals surface area contributed by atoms with Gasteiger partial charge >= 0.3 is 0 Å². The van der Waals surface area contributed by atoms with E-state index in [-0.39, 0.29) is 12.6 Å². The van der Waals surface area contributed by atoms with E-state index in [1.807, 2.05) is 11.8 Å². The lowest BCUT2D eigenvalue weighted by molar-refractivity contribution is 0.0721. The van der Waals surface area contributed by atoms with Gasteiger partial charge in [-0.2, -0.15) is 5.10 Å². The highest BCUT2D eigenvalue weighted by molar-refractivity contribution is 7.80. The number of morpholine rings is 1. The van der Waals surface area contributed by atoms with E-state index >= 15 is 0 Å². The first-order chi connectivity index (χ1) is 10.1. The summed E-state index contributed by atoms with van der Waals surface area (Å²) in [5, 5.41) is 18.2. The SMILES string of the molecule is CCc1nnc(N2CCOCC2CO)c(C(N)=S)c1CC. The van der Waals surface area contributed by atoms with Gasteiger partial charge < -0.3 is 20.5 Å². The summed E-state index contributed by atoms with van der Waals surface area (Å²) in [7, 11) is 0. The Labute approximate surface area is 130 Å². The van der Waals surface area contributed by atoms with Crippen molar-refractivity contribution in [2.24, 2.45) is 5.73 Å². The number of aliphatic hydroxyl groups excluding tert-OH is 1. The molecule has 1 atom stereocenters. The number of nitrogens with zero attached hydrogens (tertiary/aromatic N) is 3. The molecule has 1 aliphatic heterocycles. The highest BCUT2D eigenvalue weighted by Gasteiger charge is 2.28. The zero-order valence-corrected chi connectivity index (χ0v) is 13.3. The monoisotopic (exact) mass is 310 g/mol. The summed E-state index contributed by atoms with van der Waals surface area (Å²) in [4.78, 5) is 2.33. The molecular formula is C14H22N4O2S. The minimum Gasteiger partial charge on any atom is -0.394 e. The highest BCUT2D eigenvalue weighted by atomic mass is 32.1. The number of aromatic nitrogens is 2. The summed E-state index contributed by atoms with van der Waals surface area (Å²) in [6, 6.07) is -0.140. The van der Waals surface area contributed by atoms with Gasteiger partial charge in [-0.05, 0) is 18.4 Å². The molecule has 7 heteroatoms. The summed E-state index contributed by atoms with van der Waals surface area (Å²) in [6.45, 7) is 5.79. The van der Waals surface area contributed by atoms with Crippen LogP contribution in [0.25, 0.3) is 0 Å². The molecule has 0 aromatic carbocycles. The molecule has 116 valence electrons. The van der Waals surface area contributed by atoms with Crippen LogP contribution in [0.4, 0.5) is 5.82 Å². The van der Waals surface area contributed by atoms with E-state index in [0.717, 1.165) is 29.7 Å². The van der Waals surface area contributed by atoms with Crippen molar-refractivity contribution in [3.05, 3.63) is 16.8 Å². The Bertz CT molecular complexity index is 524. The molecule has 1 aromatic rings. The highest BCUT2D eigenvalue weighted by Crippen LogP contribution is 2.26. The van der Waals surface area contributed by atoms with Crippen molar-refractivity contribution in [1.82, 2.24) is 10.2 Å². The summed E-state index contributed by atoms with van der Waals surface area (Å²) < 4.78 is 5.41. The summed E-state index contributed by atoms with van der Waals surface area (Å²) in [5.74, 6) is 0.666. The smallest absolute Gasteiger partial charge is 0.162 e. The molecular weight excluding hydrogens is 288 g/mol. The zero-order valence-electron chi connectivity index (χ0n) is 12.5. The third kappa shape index (κ3) is 3.14. The molecule has 0 spiro atoms. The standard InChI is InChI=1S/C14H22N4O2S/c1-3-10-11(4-2)16-17-14(12(10)13(15)21)18-5-6-20-8-9(18)7-19/h9,19H,3-8H2,1-2H3,(H2,15,21). The number of rotatable bonds is 5. The topological polar surface area (TPSA) is 84.5 Å². The largest absolute Gasteiger partial charge is 0.394 e. The van der Waals surface area contributed by atoms with Crippen molar-refractivity contribution in [2.75, 3.05) is 31.3 Å². The molecule has 0 bridgehead atoms. The second-order valence-corrected chi connectivity index (χ2v) is 5.44. The molecule has 0 radical (unpaired) electrons. The number of nitrogens with two attached hydrogens (primary N) is 1. The summed E-state index contributed by atoms with van der Waals surface area (Å²) in [6.07, 6.45) is 1.59. The first-order valence-electron chi connectivity index (χ1n) is 7.27. The van der Waals surface area contributed by atoms with Crippen LogP contribution in [0.15, 0.2) is 0 Å². The van der Waals surface area contributed by atoms with Crippen LogP contribution in [0.1, 0.15) is 30.7 Å². The number of aliphatic hydroxyl groups is 1. The van der Waals surface area contributed by atoms with E-state index in [2.05, 4.69) is 17.1 Å². The first kappa shape index (κ1) is 16.1. The maximum Gasteiger partial charge on any atom is 0.162 e. The van der Waals surface area contributed by atoms with Crippen molar-refractivity contribution in [3.8, 4) is 0 Å². The van der Waals surface area contributed by atoms with Crippen LogP contribution in [-0.4, -0.2) is 52.7 Å². The van der Waals surface area contributed by atoms with Crippen molar-refractivity contribution >= 4 is 23.0 Å². The van der Waals surface area contributed by atoms with Crippen molar-refractivity contribution in [3.63, 3.8) is 0 Å². The Morgan fingerprint density at radius 3 is 2.76 bits per heavy atom. The minimum atomic E-state index is -0.140. The molecule has 21 heavy (non-hydrogen) atoms. The van der Waals surface area contributed by atoms with E-state index in [4.69, 9.17) is 22.7 Å². The fraction of sp³-hybridized carbons (Fsp3) is 0.643. The molecule has 1 fully saturated rings. The Morgan fingerprint density at radius 2 is 2.19 bits per heavy atom. The molecule has 2 heterocycles. The molecule has 6 nitrogen and oxygen atoms in total. The van der Waals surface area contributed by atoms with Crippen molar-refractivity contribution in [2.45, 2.75) is 32.7 Å². The number of hydrogen-bond acceptors (Lipinski definition) is 6. The molecule has 3 N–H and O–H groups in total. The molecule has 0 saturated carbocycles. The van der Waals surface area contributed by atoms with E-state index in [0.29, 0.717) is 30.6 Å². The van der Waals surface area contributed by atoms with Gasteiger partial charge in [0, 0.05) is 6.54 Å². The van der Waals surface area contributed by atoms with Gasteiger partial charge in [-0.15, -0.1) is 5.10 Å². The van der Waals surface area contributed by atoms with Gasteiger partial charge in [0.05, 0.1) is 37.1 Å². The van der Waals surface area contributed by atoms with Gasteiger partial charge in [-0.3, -0.25) is 0 Å². The fourth-order valence-corrected chi connectivity index (χ4v) is 2.92. The van der Waals surface area contributed by atoms with Gasteiger partial charge in [0.2, 0.25) is 0 Å². The lowest BCUT2D eigenvalue weighted by Crippen LogP contribution is -2.49. The fourth-order valence-electron chi connectivity index (χ4n) is 2.71. The van der Waals surface area contributed by atoms with Crippen LogP contribution in [0.3, 0.4) is 0 Å². The molecule has 1 saturated heterocycles. The predicted octanol–water partition coefficient (Wildman–Crippen LogP) is 0.433. The maximum absolute atomic E-state index is 9.55. The number of ether oxygens (including phenoxy) is 1. The number of thiocarbonyl (C=S) groups is 1. The van der Waals surface area contributed by atoms with Gasteiger partial charge in [-0.25, -0.2) is 0 Å². The number of hydrogen-bond donors (Lipinski definition) is 2. The first-order valence-corrected chi connectivity index (χ1v) is 7.68. The number of aryl methyl sites for hydroxylation is 1. The van der Waals surface area contributed by atoms with Crippen LogP contribution < -0.4 is 10.6 Å². The number of anilines is 1. The molecule has 0 amide bonds. The third-order valence-corrected chi connectivity index (χ3v) is 3.99. The average Bonchev–Trinajstić information content (AvgIpc) is 2.52. The lowest BCUT2D eigenvalue weighted by Gasteiger charge is -2.36. The molecule has 1 aromatic heterocycles. The van der Waals surface area contributed by atoms with Crippen LogP contribution in [-0.2, 0) is 17.6 Å². The quantitative estimate of drug-likeness (QED) is 0.763. The van der Waals surface area contributed by atoms with Crippen LogP contribution in [0, 0.1) is 0 Å². The Hall–Kier alpha value is -1.31. The van der Waals surface area contributed by atoms with E-state index in [1.54, 1.807) is 0 Å². The zero-order chi connectivity index (χ0) is 15.4. The summed E-state index contributed by atoms with van der Waals surface area (Å²) in [5.41, 5.74) is 8.73. The van der Waals surface area contributed by atoms with Gasteiger partial charge in [0.15, 0.2) is 5.82 Å². The van der Waals surface area contributed by atoms with Crippen LogP contribution >= 0.6 is 12.2 Å². The molecule has 1 aliphatic rings. The predicted molar refractivity (Wildman–Crippen MR) is 85.7 cm³/mol. The molecule has 1 unspecified atom stereocenters. The molecule has 0 aliphatic carbocycles. The second-order valence-electron chi connectivity index (χ2n) is 5.00. The van der Waals surface area contributed by atoms with Crippen molar-refractivity contribution < 1.29 is 9.84 Å². The Morgan fingerprint density at radius 1 is 1.43 bits per heavy atom. The van der Waals surface area contributed by atoms with E-state index in [1.165, 1.54) is 0 Å². The second kappa shape index (κ2) is 7.11. The van der Waals surface area contributed by atoms with E-state index < -0.39 is 0 Å². The van der Waals surface area contributed by atoms with Gasteiger partial charge in [-0.1, -0.05) is 26.1 Å². The maximum atomic E-state index is 9.55. The van der Waals surface area contributed by atoms with Gasteiger partial charge in [0.1, 0.15) is 4.99 Å². The normalized spacial score (nSPS) is 18.8. The van der Waals surface area contributed by atoms with Crippen LogP contribution in [0.5, 0.6) is 0 Å². The summed E-state index contributed by atoms with van der Waals surface area (Å²) >= 11 is 5.24. The lowest BCUT2D eigenvalue weighted by atomic mass is 10.0. The minimum absolute atomic E-state index is 0.00452. The third-order valence-electron chi connectivity index (χ3n) is 3.78. The Balaban J connectivity index is 2.54. The molecule has 2 rings (SSSR count). The Kier molecular flexibility index (Phi) is 5.44. The van der Waals surface area contributed by atoms with Crippen LogP contribution in [0.2, 0.25) is 0 Å². The van der Waals surface area contributed by atoms with Gasteiger partial charge in [0.25, 0.3) is 0 Å². The average molecular weight is 310 g/mol.